The monoisotopic (exact) mass is 290 g/mol. The fourth-order valence-corrected chi connectivity index (χ4v) is 2.89. The molecule has 1 aliphatic rings. The van der Waals surface area contributed by atoms with Crippen LogP contribution in [0, 0.1) is 5.41 Å². The van der Waals surface area contributed by atoms with Gasteiger partial charge < -0.3 is 10.8 Å². The summed E-state index contributed by atoms with van der Waals surface area (Å²) in [6, 6.07) is 7.27. The van der Waals surface area contributed by atoms with Crippen molar-refractivity contribution in [2.45, 2.75) is 32.7 Å². The van der Waals surface area contributed by atoms with Crippen molar-refractivity contribution in [1.82, 2.24) is 4.90 Å². The van der Waals surface area contributed by atoms with E-state index in [1.54, 1.807) is 12.1 Å². The van der Waals surface area contributed by atoms with E-state index < -0.39 is 17.3 Å². The Labute approximate surface area is 124 Å². The third-order valence-corrected chi connectivity index (χ3v) is 4.59. The second-order valence-corrected chi connectivity index (χ2v) is 5.78. The minimum absolute atomic E-state index is 0.422. The summed E-state index contributed by atoms with van der Waals surface area (Å²) in [5.41, 5.74) is 6.29. The lowest BCUT2D eigenvalue weighted by molar-refractivity contribution is -0.152. The van der Waals surface area contributed by atoms with Gasteiger partial charge in [0.1, 0.15) is 0 Å². The van der Waals surface area contributed by atoms with Gasteiger partial charge in [0.2, 0.25) is 5.91 Å². The van der Waals surface area contributed by atoms with E-state index in [-0.39, 0.29) is 0 Å². The van der Waals surface area contributed by atoms with E-state index in [2.05, 4.69) is 4.90 Å². The highest BCUT2D eigenvalue weighted by molar-refractivity contribution is 5.92. The van der Waals surface area contributed by atoms with E-state index in [0.29, 0.717) is 24.8 Å². The van der Waals surface area contributed by atoms with Crippen LogP contribution in [0.4, 0.5) is 0 Å². The third-order valence-electron chi connectivity index (χ3n) is 4.59. The molecule has 0 bridgehead atoms. The van der Waals surface area contributed by atoms with E-state index in [1.165, 1.54) is 0 Å². The first-order valence-corrected chi connectivity index (χ1v) is 7.31. The van der Waals surface area contributed by atoms with Gasteiger partial charge in [0.25, 0.3) is 0 Å². The molecule has 1 aromatic rings. The van der Waals surface area contributed by atoms with Gasteiger partial charge in [-0.25, -0.2) is 0 Å². The van der Waals surface area contributed by atoms with E-state index in [9.17, 15) is 14.7 Å². The summed E-state index contributed by atoms with van der Waals surface area (Å²) >= 11 is 0. The minimum atomic E-state index is -0.671. The third kappa shape index (κ3) is 3.42. The molecule has 0 spiro atoms. The first-order chi connectivity index (χ1) is 9.97. The van der Waals surface area contributed by atoms with Gasteiger partial charge >= 0.3 is 5.97 Å². The zero-order valence-corrected chi connectivity index (χ0v) is 12.3. The van der Waals surface area contributed by atoms with Crippen molar-refractivity contribution in [2.75, 3.05) is 13.1 Å². The number of carboxylic acid groups (broad SMARTS) is 1. The molecular formula is C16H22N2O3. The number of likely N-dealkylation sites (tertiary alicyclic amines) is 1. The molecular weight excluding hydrogens is 268 g/mol. The lowest BCUT2D eigenvalue weighted by atomic mass is 9.76. The molecule has 5 nitrogen and oxygen atoms in total. The molecule has 0 aliphatic carbocycles. The number of hydrogen-bond acceptors (Lipinski definition) is 3. The molecule has 5 heteroatoms. The molecule has 21 heavy (non-hydrogen) atoms. The van der Waals surface area contributed by atoms with Crippen LogP contribution >= 0.6 is 0 Å². The summed E-state index contributed by atoms with van der Waals surface area (Å²) in [4.78, 5) is 24.7. The zero-order chi connectivity index (χ0) is 15.5. The zero-order valence-electron chi connectivity index (χ0n) is 12.3. The van der Waals surface area contributed by atoms with Gasteiger partial charge in [0.05, 0.1) is 5.41 Å². The van der Waals surface area contributed by atoms with E-state index in [1.807, 2.05) is 19.1 Å². The summed E-state index contributed by atoms with van der Waals surface area (Å²) in [7, 11) is 0. The van der Waals surface area contributed by atoms with Crippen molar-refractivity contribution in [1.29, 1.82) is 0 Å². The van der Waals surface area contributed by atoms with Crippen molar-refractivity contribution < 1.29 is 14.7 Å². The summed E-state index contributed by atoms with van der Waals surface area (Å²) in [5.74, 6) is -1.09. The van der Waals surface area contributed by atoms with Crippen LogP contribution in [0.25, 0.3) is 0 Å². The second kappa shape index (κ2) is 6.26. The fourth-order valence-electron chi connectivity index (χ4n) is 2.89. The van der Waals surface area contributed by atoms with Crippen molar-refractivity contribution in [3.63, 3.8) is 0 Å². The molecule has 3 N–H and O–H groups in total. The molecule has 1 fully saturated rings. The molecule has 1 aromatic carbocycles. The van der Waals surface area contributed by atoms with Gasteiger partial charge in [0.15, 0.2) is 0 Å². The molecule has 1 saturated heterocycles. The predicted molar refractivity (Wildman–Crippen MR) is 79.8 cm³/mol. The Morgan fingerprint density at radius 1 is 1.24 bits per heavy atom. The molecule has 1 amide bonds. The maximum atomic E-state index is 11.4. The number of benzene rings is 1. The number of carboxylic acids is 1. The summed E-state index contributed by atoms with van der Waals surface area (Å²) < 4.78 is 0. The molecule has 2 rings (SSSR count). The van der Waals surface area contributed by atoms with Gasteiger partial charge in [-0.3, -0.25) is 14.5 Å². The van der Waals surface area contributed by atoms with E-state index in [0.717, 1.165) is 25.2 Å². The summed E-state index contributed by atoms with van der Waals surface area (Å²) in [6.45, 7) is 4.31. The SMILES string of the molecule is CCC1(C(=O)O)CCN(Cc2ccc(C(N)=O)cc2)CC1. The van der Waals surface area contributed by atoms with Gasteiger partial charge in [-0.2, -0.15) is 0 Å². The van der Waals surface area contributed by atoms with Crippen molar-refractivity contribution >= 4 is 11.9 Å². The van der Waals surface area contributed by atoms with Crippen molar-refractivity contribution in [2.24, 2.45) is 11.1 Å². The summed E-state index contributed by atoms with van der Waals surface area (Å²) in [6.07, 6.45) is 2.07. The number of nitrogens with two attached hydrogens (primary N) is 1. The lowest BCUT2D eigenvalue weighted by Crippen LogP contribution is -2.43. The number of primary amides is 1. The predicted octanol–water partition coefficient (Wildman–Crippen LogP) is 1.86. The Kier molecular flexibility index (Phi) is 4.63. The number of amides is 1. The number of hydrogen-bond donors (Lipinski definition) is 2. The molecule has 0 unspecified atom stereocenters. The largest absolute Gasteiger partial charge is 0.481 e. The first kappa shape index (κ1) is 15.5. The number of nitrogens with zero attached hydrogens (tertiary/aromatic N) is 1. The lowest BCUT2D eigenvalue weighted by Gasteiger charge is -2.38. The Morgan fingerprint density at radius 3 is 2.24 bits per heavy atom. The smallest absolute Gasteiger partial charge is 0.309 e. The van der Waals surface area contributed by atoms with Crippen LogP contribution in [0.1, 0.15) is 42.1 Å². The van der Waals surface area contributed by atoms with Crippen LogP contribution in [0.3, 0.4) is 0 Å². The topological polar surface area (TPSA) is 83.6 Å². The van der Waals surface area contributed by atoms with Crippen LogP contribution in [-0.4, -0.2) is 35.0 Å². The standard InChI is InChI=1S/C16H22N2O3/c1-2-16(15(20)21)7-9-18(10-8-16)11-12-3-5-13(6-4-12)14(17)19/h3-6H,2,7-11H2,1H3,(H2,17,19)(H,20,21). The van der Waals surface area contributed by atoms with Gasteiger partial charge in [0, 0.05) is 12.1 Å². The fraction of sp³-hybridized carbons (Fsp3) is 0.500. The van der Waals surface area contributed by atoms with Gasteiger partial charge in [-0.05, 0) is 50.0 Å². The van der Waals surface area contributed by atoms with Crippen LogP contribution < -0.4 is 5.73 Å². The maximum Gasteiger partial charge on any atom is 0.309 e. The van der Waals surface area contributed by atoms with E-state index in [4.69, 9.17) is 5.73 Å². The average molecular weight is 290 g/mol. The second-order valence-electron chi connectivity index (χ2n) is 5.78. The van der Waals surface area contributed by atoms with E-state index >= 15 is 0 Å². The molecule has 0 saturated carbocycles. The number of piperidine rings is 1. The molecule has 114 valence electrons. The summed E-state index contributed by atoms with van der Waals surface area (Å²) in [5, 5.41) is 9.38. The Hall–Kier alpha value is -1.88. The molecule has 0 aromatic heterocycles. The van der Waals surface area contributed by atoms with Crippen LogP contribution in [0.2, 0.25) is 0 Å². The van der Waals surface area contributed by atoms with Gasteiger partial charge in [-0.1, -0.05) is 19.1 Å². The van der Waals surface area contributed by atoms with Crippen molar-refractivity contribution in [3.05, 3.63) is 35.4 Å². The number of carbonyl (C=O) groups is 2. The molecule has 0 atom stereocenters. The van der Waals surface area contributed by atoms with Crippen LogP contribution in [0.5, 0.6) is 0 Å². The first-order valence-electron chi connectivity index (χ1n) is 7.31. The Morgan fingerprint density at radius 2 is 1.81 bits per heavy atom. The Bertz CT molecular complexity index is 517. The number of carbonyl (C=O) groups excluding carboxylic acids is 1. The molecule has 1 aliphatic heterocycles. The number of rotatable bonds is 5. The van der Waals surface area contributed by atoms with Crippen molar-refractivity contribution in [3.8, 4) is 0 Å². The van der Waals surface area contributed by atoms with Gasteiger partial charge in [-0.15, -0.1) is 0 Å². The quantitative estimate of drug-likeness (QED) is 0.867. The molecule has 0 radical (unpaired) electrons. The van der Waals surface area contributed by atoms with Crippen LogP contribution in [0.15, 0.2) is 24.3 Å². The minimum Gasteiger partial charge on any atom is -0.481 e. The maximum absolute atomic E-state index is 11.4. The number of aliphatic carboxylic acids is 1. The Balaban J connectivity index is 1.94. The highest BCUT2D eigenvalue weighted by Crippen LogP contribution is 2.35. The normalized spacial score (nSPS) is 18.3. The highest BCUT2D eigenvalue weighted by atomic mass is 16.4. The average Bonchev–Trinajstić information content (AvgIpc) is 2.48. The highest BCUT2D eigenvalue weighted by Gasteiger charge is 2.39. The van der Waals surface area contributed by atoms with Crippen LogP contribution in [-0.2, 0) is 11.3 Å². The molecule has 1 heterocycles.